The van der Waals surface area contributed by atoms with Gasteiger partial charge in [-0.3, -0.25) is 0 Å². The normalized spacial score (nSPS) is 24.3. The van der Waals surface area contributed by atoms with Gasteiger partial charge >= 0.3 is 27.8 Å². The van der Waals surface area contributed by atoms with Gasteiger partial charge < -0.3 is 13.7 Å². The minimum atomic E-state index is -5.77. The van der Waals surface area contributed by atoms with Gasteiger partial charge in [-0.1, -0.05) is 0 Å². The molecule has 12 heteroatoms. The van der Waals surface area contributed by atoms with Crippen LogP contribution in [-0.4, -0.2) is 48.3 Å². The number of halogens is 3. The summed E-state index contributed by atoms with van der Waals surface area (Å²) in [6.45, 7) is 9.67. The number of hydrogen-bond acceptors (Lipinski definition) is 7. The zero-order valence-electron chi connectivity index (χ0n) is 16.9. The van der Waals surface area contributed by atoms with Crippen LogP contribution in [0, 0.1) is 11.8 Å². The van der Waals surface area contributed by atoms with Crippen LogP contribution in [-0.2, 0) is 23.8 Å². The number of carbonyl (C=O) groups excluding carboxylic acids is 2. The Labute approximate surface area is 167 Å². The lowest BCUT2D eigenvalue weighted by Gasteiger charge is -2.29. The Balaban J connectivity index is 2.18. The lowest BCUT2D eigenvalue weighted by molar-refractivity contribution is -0.0523. The second kappa shape index (κ2) is 7.06. The molecular weight excluding hydrogens is 419 g/mol. The highest BCUT2D eigenvalue weighted by Crippen LogP contribution is 2.54. The van der Waals surface area contributed by atoms with Gasteiger partial charge in [0.1, 0.15) is 17.0 Å². The highest BCUT2D eigenvalue weighted by Gasteiger charge is 2.61. The molecule has 0 aromatic carbocycles. The fourth-order valence-electron chi connectivity index (χ4n) is 2.93. The third kappa shape index (κ3) is 5.55. The molecule has 3 atom stereocenters. The maximum Gasteiger partial charge on any atom is 0.534 e. The Morgan fingerprint density at radius 2 is 1.45 bits per heavy atom. The molecular formula is C17H24F3NO7S. The van der Waals surface area contributed by atoms with Crippen molar-refractivity contribution < 1.29 is 44.8 Å². The predicted octanol–water partition coefficient (Wildman–Crippen LogP) is 3.93. The van der Waals surface area contributed by atoms with Gasteiger partial charge in [-0.15, -0.1) is 0 Å². The predicted molar refractivity (Wildman–Crippen MR) is 93.8 cm³/mol. The second-order valence-electron chi connectivity index (χ2n) is 8.88. The third-order valence-corrected chi connectivity index (χ3v) is 4.98. The summed E-state index contributed by atoms with van der Waals surface area (Å²) in [6.07, 6.45) is -0.900. The van der Waals surface area contributed by atoms with Gasteiger partial charge in [0.05, 0.1) is 6.04 Å². The first-order chi connectivity index (χ1) is 12.8. The molecule has 0 saturated heterocycles. The Morgan fingerprint density at radius 1 is 1.00 bits per heavy atom. The number of rotatable bonds is 3. The number of carbonyl (C=O) groups is 2. The highest BCUT2D eigenvalue weighted by molar-refractivity contribution is 7.87. The van der Waals surface area contributed by atoms with Gasteiger partial charge in [0.15, 0.2) is 0 Å². The molecule has 1 fully saturated rings. The molecule has 2 rings (SSSR count). The van der Waals surface area contributed by atoms with Crippen molar-refractivity contribution in [3.63, 3.8) is 0 Å². The first-order valence-corrected chi connectivity index (χ1v) is 10.2. The first-order valence-electron chi connectivity index (χ1n) is 8.79. The lowest BCUT2D eigenvalue weighted by atomic mass is 10.2. The summed E-state index contributed by atoms with van der Waals surface area (Å²) in [5.74, 6) is -1.40. The Hall–Kier alpha value is -1.98. The summed E-state index contributed by atoms with van der Waals surface area (Å²) in [7, 11) is -5.77. The number of hydrogen-bond donors (Lipinski definition) is 0. The summed E-state index contributed by atoms with van der Waals surface area (Å²) in [5, 5.41) is 0. The van der Waals surface area contributed by atoms with Crippen molar-refractivity contribution in [2.45, 2.75) is 70.7 Å². The topological polar surface area (TPSA) is 99.2 Å². The molecule has 0 heterocycles. The Kier molecular flexibility index (Phi) is 5.68. The van der Waals surface area contributed by atoms with Gasteiger partial charge in [0.25, 0.3) is 0 Å². The molecule has 0 aromatic rings. The van der Waals surface area contributed by atoms with Gasteiger partial charge in [-0.2, -0.15) is 21.6 Å². The largest absolute Gasteiger partial charge is 0.534 e. The van der Waals surface area contributed by atoms with Crippen LogP contribution in [0.4, 0.5) is 22.8 Å². The SMILES string of the molecule is CC(C)(C)OC(=O)N(C(=O)OC(C)(C)C)[C@H]1[C@@H]2C=C(OS(=O)(=O)C(F)(F)F)C[C@@H]21. The number of allylic oxidation sites excluding steroid dienone is 1. The molecule has 0 radical (unpaired) electrons. The van der Waals surface area contributed by atoms with Crippen molar-refractivity contribution in [1.29, 1.82) is 0 Å². The average Bonchev–Trinajstić information content (AvgIpc) is 2.89. The molecule has 29 heavy (non-hydrogen) atoms. The van der Waals surface area contributed by atoms with Crippen LogP contribution in [0.5, 0.6) is 0 Å². The monoisotopic (exact) mass is 443 g/mol. The van der Waals surface area contributed by atoms with E-state index in [0.29, 0.717) is 0 Å². The molecule has 2 aliphatic carbocycles. The average molecular weight is 443 g/mol. The van der Waals surface area contributed by atoms with E-state index in [9.17, 15) is 31.2 Å². The van der Waals surface area contributed by atoms with E-state index < -0.39 is 56.9 Å². The van der Waals surface area contributed by atoms with E-state index in [0.717, 1.165) is 4.90 Å². The summed E-state index contributed by atoms with van der Waals surface area (Å²) in [6, 6.07) is -0.722. The number of fused-ring (bicyclic) bond motifs is 1. The smallest absolute Gasteiger partial charge is 0.443 e. The molecule has 0 unspecified atom stereocenters. The number of ether oxygens (including phenoxy) is 2. The summed E-state index contributed by atoms with van der Waals surface area (Å²) in [5.41, 5.74) is -7.34. The highest BCUT2D eigenvalue weighted by atomic mass is 32.2. The van der Waals surface area contributed by atoms with Crippen molar-refractivity contribution in [3.8, 4) is 0 Å². The third-order valence-electron chi connectivity index (χ3n) is 3.98. The first kappa shape index (κ1) is 23.3. The summed E-state index contributed by atoms with van der Waals surface area (Å²) in [4.78, 5) is 25.9. The zero-order valence-corrected chi connectivity index (χ0v) is 17.7. The van der Waals surface area contributed by atoms with E-state index in [-0.39, 0.29) is 12.2 Å². The van der Waals surface area contributed by atoms with Crippen molar-refractivity contribution in [2.24, 2.45) is 11.8 Å². The molecule has 0 aromatic heterocycles. The van der Waals surface area contributed by atoms with Crippen LogP contribution in [0.2, 0.25) is 0 Å². The van der Waals surface area contributed by atoms with Crippen LogP contribution < -0.4 is 0 Å². The summed E-state index contributed by atoms with van der Waals surface area (Å²) < 4.78 is 74.2. The minimum Gasteiger partial charge on any atom is -0.443 e. The van der Waals surface area contributed by atoms with E-state index in [1.54, 1.807) is 41.5 Å². The van der Waals surface area contributed by atoms with E-state index in [1.807, 2.05) is 0 Å². The van der Waals surface area contributed by atoms with Crippen LogP contribution in [0.25, 0.3) is 0 Å². The van der Waals surface area contributed by atoms with E-state index in [4.69, 9.17) is 9.47 Å². The number of amides is 2. The van der Waals surface area contributed by atoms with Gasteiger partial charge in [-0.25, -0.2) is 14.5 Å². The number of imide groups is 1. The minimum absolute atomic E-state index is 0.174. The molecule has 2 amide bonds. The fraction of sp³-hybridized carbons (Fsp3) is 0.765. The molecule has 1 saturated carbocycles. The van der Waals surface area contributed by atoms with Gasteiger partial charge in [0.2, 0.25) is 0 Å². The molecule has 2 aliphatic rings. The van der Waals surface area contributed by atoms with Crippen molar-refractivity contribution in [3.05, 3.63) is 11.8 Å². The van der Waals surface area contributed by atoms with Crippen LogP contribution in [0.15, 0.2) is 11.8 Å². The van der Waals surface area contributed by atoms with Crippen molar-refractivity contribution in [1.82, 2.24) is 4.90 Å². The van der Waals surface area contributed by atoms with Crippen LogP contribution >= 0.6 is 0 Å². The van der Waals surface area contributed by atoms with Crippen molar-refractivity contribution >= 4 is 22.3 Å². The maximum atomic E-state index is 12.5. The molecule has 166 valence electrons. The molecule has 0 N–H and O–H groups in total. The molecule has 0 aliphatic heterocycles. The fourth-order valence-corrected chi connectivity index (χ4v) is 3.43. The standard InChI is InChI=1S/C17H24F3NO7S/c1-15(2,3)26-13(22)21(14(23)27-16(4,5)6)12-10-7-9(8-11(10)12)28-29(24,25)17(18,19)20/h7,10-12H,8H2,1-6H3/t10-,11+,12+/m1/s1. The second-order valence-corrected chi connectivity index (χ2v) is 10.4. The zero-order chi connectivity index (χ0) is 22.6. The number of nitrogens with zero attached hydrogens (tertiary/aromatic N) is 1. The number of alkyl halides is 3. The Bertz CT molecular complexity index is 793. The molecule has 0 spiro atoms. The van der Waals surface area contributed by atoms with E-state index >= 15 is 0 Å². The van der Waals surface area contributed by atoms with Crippen LogP contribution in [0.3, 0.4) is 0 Å². The van der Waals surface area contributed by atoms with E-state index in [2.05, 4.69) is 4.18 Å². The van der Waals surface area contributed by atoms with Gasteiger partial charge in [-0.05, 0) is 53.5 Å². The van der Waals surface area contributed by atoms with Crippen molar-refractivity contribution in [2.75, 3.05) is 0 Å². The Morgan fingerprint density at radius 3 is 1.76 bits per heavy atom. The quantitative estimate of drug-likeness (QED) is 0.481. The molecule has 8 nitrogen and oxygen atoms in total. The summed E-state index contributed by atoms with van der Waals surface area (Å²) >= 11 is 0. The molecule has 0 bridgehead atoms. The van der Waals surface area contributed by atoms with Gasteiger partial charge in [0, 0.05) is 12.3 Å². The van der Waals surface area contributed by atoms with E-state index in [1.165, 1.54) is 6.08 Å². The van der Waals surface area contributed by atoms with Crippen LogP contribution in [0.1, 0.15) is 48.0 Å². The lowest BCUT2D eigenvalue weighted by Crippen LogP contribution is -2.46. The maximum absolute atomic E-state index is 12.5.